The molecule has 0 bridgehead atoms. The van der Waals surface area contributed by atoms with E-state index in [-0.39, 0.29) is 17.2 Å². The molecule has 0 saturated carbocycles. The number of nitrogens with zero attached hydrogens (tertiary/aromatic N) is 3. The van der Waals surface area contributed by atoms with E-state index in [4.69, 9.17) is 11.6 Å². The van der Waals surface area contributed by atoms with Gasteiger partial charge in [0, 0.05) is 24.8 Å². The standard InChI is InChI=1S/C12H17ClN4O/c1-8-7-9(4-6-17(8)2)15-11(18)10-3-5-14-12(13)16-10/h3,5,8-9H,4,6-7H2,1-2H3,(H,15,18)/t8-,9?/m0/s1. The molecule has 5 nitrogen and oxygen atoms in total. The monoisotopic (exact) mass is 268 g/mol. The maximum absolute atomic E-state index is 12.0. The van der Waals surface area contributed by atoms with Gasteiger partial charge in [-0.15, -0.1) is 0 Å². The van der Waals surface area contributed by atoms with E-state index in [1.165, 1.54) is 6.20 Å². The minimum Gasteiger partial charge on any atom is -0.348 e. The SMILES string of the molecule is C[C@H]1CC(NC(=O)c2ccnc(Cl)n2)CCN1C. The van der Waals surface area contributed by atoms with Crippen molar-refractivity contribution in [2.45, 2.75) is 31.8 Å². The molecule has 0 spiro atoms. The van der Waals surface area contributed by atoms with E-state index in [2.05, 4.69) is 34.2 Å². The van der Waals surface area contributed by atoms with Crippen molar-refractivity contribution in [3.05, 3.63) is 23.2 Å². The van der Waals surface area contributed by atoms with Crippen molar-refractivity contribution in [1.82, 2.24) is 20.2 Å². The van der Waals surface area contributed by atoms with Crippen LogP contribution in [-0.4, -0.2) is 46.5 Å². The molecule has 1 aromatic heterocycles. The summed E-state index contributed by atoms with van der Waals surface area (Å²) in [6.07, 6.45) is 3.41. The first-order chi connectivity index (χ1) is 8.56. The largest absolute Gasteiger partial charge is 0.348 e. The zero-order chi connectivity index (χ0) is 13.1. The highest BCUT2D eigenvalue weighted by Crippen LogP contribution is 2.15. The number of halogens is 1. The number of hydrogen-bond acceptors (Lipinski definition) is 4. The van der Waals surface area contributed by atoms with Crippen LogP contribution in [0.15, 0.2) is 12.3 Å². The maximum atomic E-state index is 12.0. The Morgan fingerprint density at radius 2 is 2.39 bits per heavy atom. The smallest absolute Gasteiger partial charge is 0.270 e. The number of rotatable bonds is 2. The second-order valence-corrected chi connectivity index (χ2v) is 5.07. The second kappa shape index (κ2) is 5.63. The predicted molar refractivity (Wildman–Crippen MR) is 69.6 cm³/mol. The summed E-state index contributed by atoms with van der Waals surface area (Å²) in [6.45, 7) is 3.16. The fourth-order valence-electron chi connectivity index (χ4n) is 2.14. The van der Waals surface area contributed by atoms with Gasteiger partial charge in [-0.05, 0) is 44.5 Å². The van der Waals surface area contributed by atoms with Crippen molar-refractivity contribution < 1.29 is 4.79 Å². The van der Waals surface area contributed by atoms with Gasteiger partial charge in [-0.3, -0.25) is 4.79 Å². The Hall–Kier alpha value is -1.20. The van der Waals surface area contributed by atoms with Gasteiger partial charge in [-0.25, -0.2) is 9.97 Å². The fourth-order valence-corrected chi connectivity index (χ4v) is 2.29. The molecule has 1 unspecified atom stereocenters. The van der Waals surface area contributed by atoms with E-state index in [9.17, 15) is 4.79 Å². The lowest BCUT2D eigenvalue weighted by Crippen LogP contribution is -2.47. The number of nitrogens with one attached hydrogen (secondary N) is 1. The van der Waals surface area contributed by atoms with Crippen LogP contribution in [0.25, 0.3) is 0 Å². The molecule has 18 heavy (non-hydrogen) atoms. The molecular formula is C12H17ClN4O. The summed E-state index contributed by atoms with van der Waals surface area (Å²) in [4.78, 5) is 21.9. The van der Waals surface area contributed by atoms with Gasteiger partial charge >= 0.3 is 0 Å². The minimum absolute atomic E-state index is 0.0967. The summed E-state index contributed by atoms with van der Waals surface area (Å²) in [7, 11) is 2.10. The van der Waals surface area contributed by atoms with Crippen LogP contribution in [0.5, 0.6) is 0 Å². The average molecular weight is 269 g/mol. The van der Waals surface area contributed by atoms with Gasteiger partial charge in [-0.2, -0.15) is 0 Å². The number of likely N-dealkylation sites (tertiary alicyclic amines) is 1. The first-order valence-corrected chi connectivity index (χ1v) is 6.43. The molecule has 98 valence electrons. The molecule has 1 N–H and O–H groups in total. The third-order valence-corrected chi connectivity index (χ3v) is 3.58. The van der Waals surface area contributed by atoms with Crippen molar-refractivity contribution in [3.8, 4) is 0 Å². The summed E-state index contributed by atoms with van der Waals surface area (Å²) >= 11 is 5.67. The van der Waals surface area contributed by atoms with E-state index in [1.54, 1.807) is 6.07 Å². The zero-order valence-electron chi connectivity index (χ0n) is 10.6. The molecule has 1 fully saturated rings. The van der Waals surface area contributed by atoms with Gasteiger partial charge in [0.15, 0.2) is 0 Å². The van der Waals surface area contributed by atoms with E-state index in [0.29, 0.717) is 11.7 Å². The van der Waals surface area contributed by atoms with Crippen molar-refractivity contribution in [2.24, 2.45) is 0 Å². The van der Waals surface area contributed by atoms with Crippen LogP contribution in [0.4, 0.5) is 0 Å². The lowest BCUT2D eigenvalue weighted by atomic mass is 9.99. The first kappa shape index (κ1) is 13.2. The molecule has 2 atom stereocenters. The second-order valence-electron chi connectivity index (χ2n) is 4.74. The highest BCUT2D eigenvalue weighted by Gasteiger charge is 2.24. The third kappa shape index (κ3) is 3.17. The minimum atomic E-state index is -0.180. The van der Waals surface area contributed by atoms with E-state index >= 15 is 0 Å². The van der Waals surface area contributed by atoms with Crippen molar-refractivity contribution >= 4 is 17.5 Å². The molecule has 6 heteroatoms. The van der Waals surface area contributed by atoms with Gasteiger partial charge in [-0.1, -0.05) is 0 Å². The number of carbonyl (C=O) groups is 1. The maximum Gasteiger partial charge on any atom is 0.270 e. The Morgan fingerprint density at radius 3 is 3.06 bits per heavy atom. The summed E-state index contributed by atoms with van der Waals surface area (Å²) in [5, 5.41) is 3.10. The molecular weight excluding hydrogens is 252 g/mol. The predicted octanol–water partition coefficient (Wildman–Crippen LogP) is 1.34. The molecule has 1 aromatic rings. The molecule has 0 aliphatic carbocycles. The Morgan fingerprint density at radius 1 is 1.61 bits per heavy atom. The van der Waals surface area contributed by atoms with Gasteiger partial charge in [0.25, 0.3) is 5.91 Å². The van der Waals surface area contributed by atoms with Crippen molar-refractivity contribution in [3.63, 3.8) is 0 Å². The Bertz CT molecular complexity index is 440. The van der Waals surface area contributed by atoms with Crippen LogP contribution in [-0.2, 0) is 0 Å². The molecule has 2 rings (SSSR count). The Balaban J connectivity index is 1.96. The summed E-state index contributed by atoms with van der Waals surface area (Å²) in [5.41, 5.74) is 0.321. The number of carbonyl (C=O) groups excluding carboxylic acids is 1. The number of piperidine rings is 1. The molecule has 0 aromatic carbocycles. The number of hydrogen-bond donors (Lipinski definition) is 1. The fraction of sp³-hybridized carbons (Fsp3) is 0.583. The average Bonchev–Trinajstić information content (AvgIpc) is 2.34. The van der Waals surface area contributed by atoms with Crippen molar-refractivity contribution in [1.29, 1.82) is 0 Å². The van der Waals surface area contributed by atoms with Gasteiger partial charge < -0.3 is 10.2 Å². The van der Waals surface area contributed by atoms with Crippen LogP contribution in [0.3, 0.4) is 0 Å². The summed E-state index contributed by atoms with van der Waals surface area (Å²) < 4.78 is 0. The van der Waals surface area contributed by atoms with E-state index < -0.39 is 0 Å². The van der Waals surface area contributed by atoms with Gasteiger partial charge in [0.05, 0.1) is 0 Å². The number of amides is 1. The molecule has 1 saturated heterocycles. The summed E-state index contributed by atoms with van der Waals surface area (Å²) in [6, 6.07) is 2.26. The molecule has 2 heterocycles. The van der Waals surface area contributed by atoms with Crippen LogP contribution in [0.1, 0.15) is 30.3 Å². The third-order valence-electron chi connectivity index (χ3n) is 3.40. The molecule has 1 aliphatic rings. The van der Waals surface area contributed by atoms with E-state index in [0.717, 1.165) is 19.4 Å². The topological polar surface area (TPSA) is 58.1 Å². The van der Waals surface area contributed by atoms with Gasteiger partial charge in [0.2, 0.25) is 5.28 Å². The molecule has 1 aliphatic heterocycles. The Kier molecular flexibility index (Phi) is 4.14. The normalized spacial score (nSPS) is 24.8. The van der Waals surface area contributed by atoms with Gasteiger partial charge in [0.1, 0.15) is 5.69 Å². The number of aromatic nitrogens is 2. The Labute approximate surface area is 112 Å². The van der Waals surface area contributed by atoms with Crippen molar-refractivity contribution in [2.75, 3.05) is 13.6 Å². The van der Waals surface area contributed by atoms with E-state index in [1.807, 2.05) is 0 Å². The molecule has 1 amide bonds. The molecule has 0 radical (unpaired) electrons. The van der Waals surface area contributed by atoms with Crippen LogP contribution < -0.4 is 5.32 Å². The zero-order valence-corrected chi connectivity index (χ0v) is 11.3. The lowest BCUT2D eigenvalue weighted by Gasteiger charge is -2.35. The van der Waals surface area contributed by atoms with Crippen LogP contribution >= 0.6 is 11.6 Å². The lowest BCUT2D eigenvalue weighted by molar-refractivity contribution is 0.0891. The van der Waals surface area contributed by atoms with Crippen LogP contribution in [0, 0.1) is 0 Å². The highest BCUT2D eigenvalue weighted by atomic mass is 35.5. The van der Waals surface area contributed by atoms with Crippen LogP contribution in [0.2, 0.25) is 5.28 Å². The quantitative estimate of drug-likeness (QED) is 0.823. The summed E-state index contributed by atoms with van der Waals surface area (Å²) in [5.74, 6) is -0.180. The first-order valence-electron chi connectivity index (χ1n) is 6.06. The highest BCUT2D eigenvalue weighted by molar-refractivity contribution is 6.28.